The van der Waals surface area contributed by atoms with E-state index in [4.69, 9.17) is 28.4 Å². The Hall–Kier alpha value is -1.01. The predicted molar refractivity (Wildman–Crippen MR) is 220 cm³/mol. The molecule has 0 amide bonds. The summed E-state index contributed by atoms with van der Waals surface area (Å²) in [5, 5.41) is 71.8. The maximum atomic E-state index is 12.9. The Balaban J connectivity index is 1.77. The Kier molecular flexibility index (Phi) is 30.8. The Morgan fingerprint density at radius 2 is 0.914 bits per heavy atom. The number of carbonyl (C=O) groups excluding carboxylic acids is 1. The first-order chi connectivity index (χ1) is 28.1. The van der Waals surface area contributed by atoms with Crippen LogP contribution in [0.15, 0.2) is 0 Å². The molecule has 0 spiro atoms. The van der Waals surface area contributed by atoms with E-state index in [2.05, 4.69) is 13.8 Å². The predicted octanol–water partition coefficient (Wildman–Crippen LogP) is 5.35. The van der Waals surface area contributed by atoms with E-state index >= 15 is 0 Å². The molecule has 2 heterocycles. The van der Waals surface area contributed by atoms with Crippen molar-refractivity contribution in [1.29, 1.82) is 0 Å². The summed E-state index contributed by atoms with van der Waals surface area (Å²) in [6, 6.07) is 0. The van der Waals surface area contributed by atoms with Crippen molar-refractivity contribution in [3.8, 4) is 0 Å². The molecule has 2 saturated heterocycles. The van der Waals surface area contributed by atoms with E-state index in [0.29, 0.717) is 13.0 Å². The molecule has 0 saturated carbocycles. The molecule has 7 N–H and O–H groups in total. The number of esters is 1. The molecule has 11 unspecified atom stereocenters. The summed E-state index contributed by atoms with van der Waals surface area (Å²) in [4.78, 5) is 12.9. The highest BCUT2D eigenvalue weighted by Gasteiger charge is 2.47. The molecule has 14 heteroatoms. The highest BCUT2D eigenvalue weighted by atomic mass is 16.7. The quantitative estimate of drug-likeness (QED) is 0.0313. The van der Waals surface area contributed by atoms with Crippen LogP contribution in [0, 0.1) is 0 Å². The summed E-state index contributed by atoms with van der Waals surface area (Å²) >= 11 is 0. The van der Waals surface area contributed by atoms with Crippen LogP contribution in [0.25, 0.3) is 0 Å². The van der Waals surface area contributed by atoms with Crippen molar-refractivity contribution in [1.82, 2.24) is 0 Å². The lowest BCUT2D eigenvalue weighted by Gasteiger charge is -2.42. The fourth-order valence-corrected chi connectivity index (χ4v) is 7.52. The zero-order valence-electron chi connectivity index (χ0n) is 36.1. The normalized spacial score (nSPS) is 28.2. The van der Waals surface area contributed by atoms with E-state index in [1.165, 1.54) is 109 Å². The molecule has 58 heavy (non-hydrogen) atoms. The number of hydrogen-bond acceptors (Lipinski definition) is 14. The van der Waals surface area contributed by atoms with Gasteiger partial charge in [0.25, 0.3) is 0 Å². The second-order valence-electron chi connectivity index (χ2n) is 16.6. The second-order valence-corrected chi connectivity index (χ2v) is 16.6. The molecular weight excluding hydrogens is 752 g/mol. The number of unbranched alkanes of at least 4 members (excludes halogenated alkanes) is 22. The number of aliphatic hydroxyl groups is 7. The topological polar surface area (TPSA) is 214 Å². The van der Waals surface area contributed by atoms with Crippen LogP contribution in [0.3, 0.4) is 0 Å². The molecule has 11 atom stereocenters. The number of aliphatic hydroxyl groups excluding tert-OH is 7. The van der Waals surface area contributed by atoms with Crippen molar-refractivity contribution in [3.05, 3.63) is 0 Å². The van der Waals surface area contributed by atoms with Crippen molar-refractivity contribution in [2.24, 2.45) is 0 Å². The largest absolute Gasteiger partial charge is 0.457 e. The molecule has 2 fully saturated rings. The summed E-state index contributed by atoms with van der Waals surface area (Å²) in [7, 11) is 0. The molecular formula is C44H84O14. The molecule has 2 aliphatic heterocycles. The van der Waals surface area contributed by atoms with Gasteiger partial charge in [-0.15, -0.1) is 0 Å². The van der Waals surface area contributed by atoms with E-state index in [9.17, 15) is 40.5 Å². The average Bonchev–Trinajstić information content (AvgIpc) is 3.22. The second kappa shape index (κ2) is 33.6. The van der Waals surface area contributed by atoms with Crippen molar-refractivity contribution >= 4 is 5.97 Å². The lowest BCUT2D eigenvalue weighted by Crippen LogP contribution is -2.61. The first-order valence-electron chi connectivity index (χ1n) is 23.1. The summed E-state index contributed by atoms with van der Waals surface area (Å²) in [5.41, 5.74) is 0. The lowest BCUT2D eigenvalue weighted by molar-refractivity contribution is -0.332. The van der Waals surface area contributed by atoms with Gasteiger partial charge in [-0.1, -0.05) is 155 Å². The van der Waals surface area contributed by atoms with Gasteiger partial charge in [0.15, 0.2) is 12.6 Å². The van der Waals surface area contributed by atoms with E-state index in [1.807, 2.05) is 0 Å². The average molecular weight is 837 g/mol. The molecule has 0 bridgehead atoms. The Bertz CT molecular complexity index is 975. The van der Waals surface area contributed by atoms with E-state index < -0.39 is 80.7 Å². The monoisotopic (exact) mass is 837 g/mol. The summed E-state index contributed by atoms with van der Waals surface area (Å²) in [5.74, 6) is -0.374. The third kappa shape index (κ3) is 22.2. The van der Waals surface area contributed by atoms with Gasteiger partial charge >= 0.3 is 5.97 Å². The minimum Gasteiger partial charge on any atom is -0.457 e. The molecule has 0 radical (unpaired) electrons. The van der Waals surface area contributed by atoms with Gasteiger partial charge in [-0.05, 0) is 12.8 Å². The van der Waals surface area contributed by atoms with Crippen molar-refractivity contribution in [2.45, 2.75) is 242 Å². The van der Waals surface area contributed by atoms with Crippen LogP contribution in [0.4, 0.5) is 0 Å². The van der Waals surface area contributed by atoms with Crippen LogP contribution >= 0.6 is 0 Å². The molecule has 2 aliphatic rings. The number of hydrogen-bond donors (Lipinski definition) is 7. The third-order valence-electron chi connectivity index (χ3n) is 11.4. The zero-order chi connectivity index (χ0) is 42.4. The molecule has 344 valence electrons. The SMILES string of the molecule is CCCCCCCCCCCCCCCCCCC(=O)OC(COCCCCCCCCCC)COC1OC(COC2OC(CO)C(O)C(O)C2O)C(O)C(O)C1O. The molecule has 0 aromatic rings. The lowest BCUT2D eigenvalue weighted by atomic mass is 9.98. The van der Waals surface area contributed by atoms with Crippen molar-refractivity contribution in [2.75, 3.05) is 33.0 Å². The molecule has 0 aromatic heterocycles. The van der Waals surface area contributed by atoms with E-state index in [-0.39, 0.29) is 25.6 Å². The van der Waals surface area contributed by atoms with Gasteiger partial charge < -0.3 is 64.2 Å². The van der Waals surface area contributed by atoms with Crippen LogP contribution in [-0.4, -0.2) is 142 Å². The fraction of sp³-hybridized carbons (Fsp3) is 0.977. The Morgan fingerprint density at radius 3 is 1.40 bits per heavy atom. The maximum Gasteiger partial charge on any atom is 0.306 e. The van der Waals surface area contributed by atoms with Crippen LogP contribution in [0.1, 0.15) is 174 Å². The number of ether oxygens (including phenoxy) is 6. The first-order valence-corrected chi connectivity index (χ1v) is 23.1. The molecule has 0 aliphatic carbocycles. The number of carbonyl (C=O) groups is 1. The highest BCUT2D eigenvalue weighted by molar-refractivity contribution is 5.69. The van der Waals surface area contributed by atoms with Gasteiger partial charge in [-0.2, -0.15) is 0 Å². The maximum absolute atomic E-state index is 12.9. The van der Waals surface area contributed by atoms with Gasteiger partial charge in [-0.25, -0.2) is 0 Å². The molecule has 0 aromatic carbocycles. The Labute approximate surface area is 349 Å². The van der Waals surface area contributed by atoms with Gasteiger partial charge in [0.05, 0.1) is 26.4 Å². The minimum atomic E-state index is -1.70. The van der Waals surface area contributed by atoms with Gasteiger partial charge in [0, 0.05) is 13.0 Å². The zero-order valence-corrected chi connectivity index (χ0v) is 36.1. The summed E-state index contributed by atoms with van der Waals surface area (Å²) in [6.45, 7) is 3.68. The molecule has 14 nitrogen and oxygen atoms in total. The van der Waals surface area contributed by atoms with Crippen LogP contribution in [0.5, 0.6) is 0 Å². The van der Waals surface area contributed by atoms with Crippen molar-refractivity contribution in [3.63, 3.8) is 0 Å². The standard InChI is InChI=1S/C44H84O14/c1-3-5-7-9-11-13-14-15-16-17-18-19-20-21-23-25-27-36(46)56-33(30-53-28-26-24-22-12-10-8-6-4-2)31-54-43-42(52)40(50)38(48)35(58-43)32-55-44-41(51)39(49)37(47)34(29-45)57-44/h33-35,37-45,47-52H,3-32H2,1-2H3. The fourth-order valence-electron chi connectivity index (χ4n) is 7.52. The summed E-state index contributed by atoms with van der Waals surface area (Å²) < 4.78 is 34.1. The Morgan fingerprint density at radius 1 is 0.500 bits per heavy atom. The van der Waals surface area contributed by atoms with Gasteiger partial charge in [0.1, 0.15) is 54.9 Å². The smallest absolute Gasteiger partial charge is 0.306 e. The van der Waals surface area contributed by atoms with Crippen LogP contribution in [0.2, 0.25) is 0 Å². The summed E-state index contributed by atoms with van der Waals surface area (Å²) in [6.07, 6.45) is 13.3. The first kappa shape index (κ1) is 53.1. The van der Waals surface area contributed by atoms with E-state index in [1.54, 1.807) is 0 Å². The third-order valence-corrected chi connectivity index (χ3v) is 11.4. The molecule has 2 rings (SSSR count). The van der Waals surface area contributed by atoms with Crippen LogP contribution in [-0.2, 0) is 33.2 Å². The minimum absolute atomic E-state index is 0.0683. The number of rotatable bonds is 36. The van der Waals surface area contributed by atoms with Gasteiger partial charge in [0.2, 0.25) is 0 Å². The van der Waals surface area contributed by atoms with Crippen molar-refractivity contribution < 1.29 is 69.0 Å². The highest BCUT2D eigenvalue weighted by Crippen LogP contribution is 2.26. The van der Waals surface area contributed by atoms with E-state index in [0.717, 1.165) is 38.5 Å². The van der Waals surface area contributed by atoms with Crippen LogP contribution < -0.4 is 0 Å². The van der Waals surface area contributed by atoms with Gasteiger partial charge in [-0.3, -0.25) is 4.79 Å².